The Kier molecular flexibility index (Phi) is 5.24. The number of nitrogens with one attached hydrogen (secondary N) is 1. The predicted octanol–water partition coefficient (Wildman–Crippen LogP) is 1.17. The maximum absolute atomic E-state index is 11.2. The maximum Gasteiger partial charge on any atom is 0.324 e. The summed E-state index contributed by atoms with van der Waals surface area (Å²) in [6.45, 7) is 10.2. The smallest absolute Gasteiger partial charge is 0.324 e. The largest absolute Gasteiger partial charge is 0.480 e. The molecular weight excluding hydrogens is 192 g/mol. The van der Waals surface area contributed by atoms with Crippen molar-refractivity contribution in [2.24, 2.45) is 0 Å². The summed E-state index contributed by atoms with van der Waals surface area (Å²) in [6.07, 6.45) is 0. The molecule has 0 heterocycles. The van der Waals surface area contributed by atoms with Crippen LogP contribution in [0.1, 0.15) is 34.6 Å². The second-order valence-corrected chi connectivity index (χ2v) is 4.95. The SMILES string of the molecule is CC(C)NC(C)(CN(C)C(C)C)C(=O)O. The molecule has 0 saturated carbocycles. The van der Waals surface area contributed by atoms with E-state index in [9.17, 15) is 9.90 Å². The lowest BCUT2D eigenvalue weighted by Gasteiger charge is -2.34. The van der Waals surface area contributed by atoms with Crippen molar-refractivity contribution in [3.8, 4) is 0 Å². The van der Waals surface area contributed by atoms with Crippen LogP contribution in [0.5, 0.6) is 0 Å². The molecule has 0 aromatic carbocycles. The van der Waals surface area contributed by atoms with Gasteiger partial charge in [0.15, 0.2) is 0 Å². The van der Waals surface area contributed by atoms with E-state index in [2.05, 4.69) is 19.2 Å². The molecule has 0 aliphatic carbocycles. The van der Waals surface area contributed by atoms with Crippen molar-refractivity contribution in [1.82, 2.24) is 10.2 Å². The standard InChI is InChI=1S/C11H24N2O2/c1-8(2)12-11(5,10(14)15)7-13(6)9(3)4/h8-9,12H,7H2,1-6H3,(H,14,15). The number of carboxylic acids is 1. The van der Waals surface area contributed by atoms with Gasteiger partial charge in [-0.15, -0.1) is 0 Å². The number of hydrogen-bond donors (Lipinski definition) is 2. The summed E-state index contributed by atoms with van der Waals surface area (Å²) in [6, 6.07) is 0.504. The molecule has 4 heteroatoms. The van der Waals surface area contributed by atoms with Gasteiger partial charge in [-0.1, -0.05) is 0 Å². The molecule has 0 aromatic rings. The molecule has 0 aromatic heterocycles. The molecule has 0 spiro atoms. The van der Waals surface area contributed by atoms with Gasteiger partial charge in [0.25, 0.3) is 0 Å². The van der Waals surface area contributed by atoms with Crippen molar-refractivity contribution in [1.29, 1.82) is 0 Å². The first-order valence-electron chi connectivity index (χ1n) is 5.40. The minimum Gasteiger partial charge on any atom is -0.480 e. The van der Waals surface area contributed by atoms with Crippen LogP contribution in [0.25, 0.3) is 0 Å². The minimum absolute atomic E-state index is 0.159. The van der Waals surface area contributed by atoms with Gasteiger partial charge in [0.1, 0.15) is 5.54 Å². The Balaban J connectivity index is 4.58. The topological polar surface area (TPSA) is 52.6 Å². The summed E-state index contributed by atoms with van der Waals surface area (Å²) in [5.74, 6) is -0.802. The van der Waals surface area contributed by atoms with E-state index in [1.807, 2.05) is 25.8 Å². The Bertz CT molecular complexity index is 217. The first-order chi connectivity index (χ1) is 6.69. The monoisotopic (exact) mass is 216 g/mol. The van der Waals surface area contributed by atoms with Crippen LogP contribution in [0.3, 0.4) is 0 Å². The second-order valence-electron chi connectivity index (χ2n) is 4.95. The molecule has 1 atom stereocenters. The zero-order valence-electron chi connectivity index (χ0n) is 10.7. The van der Waals surface area contributed by atoms with Crippen LogP contribution >= 0.6 is 0 Å². The van der Waals surface area contributed by atoms with Gasteiger partial charge in [0, 0.05) is 18.6 Å². The Hall–Kier alpha value is -0.610. The Morgan fingerprint density at radius 2 is 1.87 bits per heavy atom. The number of rotatable bonds is 6. The molecule has 0 saturated heterocycles. The molecular formula is C11H24N2O2. The lowest BCUT2D eigenvalue weighted by atomic mass is 10.00. The normalized spacial score (nSPS) is 16.1. The van der Waals surface area contributed by atoms with E-state index in [1.54, 1.807) is 6.92 Å². The minimum atomic E-state index is -0.882. The van der Waals surface area contributed by atoms with Gasteiger partial charge in [-0.2, -0.15) is 0 Å². The highest BCUT2D eigenvalue weighted by Gasteiger charge is 2.35. The van der Waals surface area contributed by atoms with Crippen LogP contribution in [0, 0.1) is 0 Å². The fourth-order valence-electron chi connectivity index (χ4n) is 1.49. The van der Waals surface area contributed by atoms with E-state index in [0.717, 1.165) is 0 Å². The van der Waals surface area contributed by atoms with E-state index < -0.39 is 11.5 Å². The summed E-state index contributed by atoms with van der Waals surface area (Å²) in [7, 11) is 1.94. The fourth-order valence-corrected chi connectivity index (χ4v) is 1.49. The first kappa shape index (κ1) is 14.4. The molecule has 0 aliphatic heterocycles. The van der Waals surface area contributed by atoms with Gasteiger partial charge in [-0.3, -0.25) is 10.1 Å². The van der Waals surface area contributed by atoms with E-state index in [4.69, 9.17) is 0 Å². The van der Waals surface area contributed by atoms with Crippen molar-refractivity contribution in [2.75, 3.05) is 13.6 Å². The molecule has 0 rings (SSSR count). The lowest BCUT2D eigenvalue weighted by Crippen LogP contribution is -2.59. The van der Waals surface area contributed by atoms with Crippen LogP contribution in [-0.2, 0) is 4.79 Å². The summed E-state index contributed by atoms with van der Waals surface area (Å²) in [5, 5.41) is 12.3. The highest BCUT2D eigenvalue weighted by molar-refractivity contribution is 5.78. The van der Waals surface area contributed by atoms with Gasteiger partial charge in [0.2, 0.25) is 0 Å². The molecule has 15 heavy (non-hydrogen) atoms. The van der Waals surface area contributed by atoms with Gasteiger partial charge in [0.05, 0.1) is 0 Å². The van der Waals surface area contributed by atoms with Gasteiger partial charge in [-0.05, 0) is 41.7 Å². The van der Waals surface area contributed by atoms with Crippen LogP contribution in [0.2, 0.25) is 0 Å². The van der Waals surface area contributed by atoms with Crippen LogP contribution < -0.4 is 5.32 Å². The lowest BCUT2D eigenvalue weighted by molar-refractivity contribution is -0.145. The van der Waals surface area contributed by atoms with Gasteiger partial charge in [-0.25, -0.2) is 0 Å². The zero-order valence-corrected chi connectivity index (χ0v) is 10.7. The molecule has 0 fully saturated rings. The summed E-state index contributed by atoms with van der Waals surface area (Å²) < 4.78 is 0. The summed E-state index contributed by atoms with van der Waals surface area (Å²) >= 11 is 0. The number of nitrogens with zero attached hydrogens (tertiary/aromatic N) is 1. The molecule has 0 radical (unpaired) electrons. The quantitative estimate of drug-likeness (QED) is 0.700. The number of carboxylic acid groups (broad SMARTS) is 1. The third-order valence-corrected chi connectivity index (χ3v) is 2.53. The van der Waals surface area contributed by atoms with E-state index >= 15 is 0 Å². The van der Waals surface area contributed by atoms with E-state index in [1.165, 1.54) is 0 Å². The summed E-state index contributed by atoms with van der Waals surface area (Å²) in [4.78, 5) is 13.3. The van der Waals surface area contributed by atoms with Crippen molar-refractivity contribution in [3.05, 3.63) is 0 Å². The predicted molar refractivity (Wildman–Crippen MR) is 62.1 cm³/mol. The second kappa shape index (κ2) is 5.47. The Morgan fingerprint density at radius 1 is 1.40 bits per heavy atom. The van der Waals surface area contributed by atoms with Gasteiger partial charge >= 0.3 is 5.97 Å². The molecule has 0 aliphatic rings. The molecule has 1 unspecified atom stereocenters. The number of hydrogen-bond acceptors (Lipinski definition) is 3. The number of carbonyl (C=O) groups is 1. The average Bonchev–Trinajstić information content (AvgIpc) is 2.01. The fraction of sp³-hybridized carbons (Fsp3) is 0.909. The van der Waals surface area contributed by atoms with E-state index in [-0.39, 0.29) is 6.04 Å². The third kappa shape index (κ3) is 4.62. The van der Waals surface area contributed by atoms with Crippen molar-refractivity contribution >= 4 is 5.97 Å². The van der Waals surface area contributed by atoms with Crippen molar-refractivity contribution < 1.29 is 9.90 Å². The Labute approximate surface area is 92.7 Å². The first-order valence-corrected chi connectivity index (χ1v) is 5.40. The Morgan fingerprint density at radius 3 is 2.13 bits per heavy atom. The molecule has 0 bridgehead atoms. The highest BCUT2D eigenvalue weighted by atomic mass is 16.4. The van der Waals surface area contributed by atoms with Crippen LogP contribution in [-0.4, -0.2) is 47.2 Å². The van der Waals surface area contributed by atoms with Crippen LogP contribution in [0.4, 0.5) is 0 Å². The average molecular weight is 216 g/mol. The summed E-state index contributed by atoms with van der Waals surface area (Å²) in [5.41, 5.74) is -0.882. The highest BCUT2D eigenvalue weighted by Crippen LogP contribution is 2.09. The van der Waals surface area contributed by atoms with Crippen molar-refractivity contribution in [3.63, 3.8) is 0 Å². The van der Waals surface area contributed by atoms with Gasteiger partial charge < -0.3 is 10.0 Å². The maximum atomic E-state index is 11.2. The molecule has 90 valence electrons. The molecule has 2 N–H and O–H groups in total. The third-order valence-electron chi connectivity index (χ3n) is 2.53. The number of aliphatic carboxylic acids is 1. The molecule has 4 nitrogen and oxygen atoms in total. The van der Waals surface area contributed by atoms with Crippen LogP contribution in [0.15, 0.2) is 0 Å². The number of likely N-dealkylation sites (N-methyl/N-ethyl adjacent to an activating group) is 1. The molecule has 0 amide bonds. The van der Waals surface area contributed by atoms with Crippen molar-refractivity contribution in [2.45, 2.75) is 52.2 Å². The van der Waals surface area contributed by atoms with E-state index in [0.29, 0.717) is 12.6 Å². The zero-order chi connectivity index (χ0) is 12.2.